The first-order valence-corrected chi connectivity index (χ1v) is 12.4. The van der Waals surface area contributed by atoms with Gasteiger partial charge in [-0.1, -0.05) is 17.7 Å². The van der Waals surface area contributed by atoms with Gasteiger partial charge in [-0.05, 0) is 12.1 Å². The second-order valence-corrected chi connectivity index (χ2v) is 3.65. The normalized spacial score (nSPS) is 9.39. The van der Waals surface area contributed by atoms with Crippen LogP contribution in [0.3, 0.4) is 0 Å². The van der Waals surface area contributed by atoms with Gasteiger partial charge in [0.2, 0.25) is 0 Å². The van der Waals surface area contributed by atoms with E-state index in [1.807, 2.05) is 12.1 Å². The van der Waals surface area contributed by atoms with Crippen molar-refractivity contribution in [3.05, 3.63) is 64.9 Å². The first-order valence-electron chi connectivity index (χ1n) is 5.06. The molecule has 0 heterocycles. The van der Waals surface area contributed by atoms with Gasteiger partial charge in [0.05, 0.1) is 11.6 Å². The third kappa shape index (κ3) is 4.68. The fourth-order valence-corrected chi connectivity index (χ4v) is 1.51. The SMILES string of the molecule is Fc1cccc(Cl)c1OCc1cc[c-]cc1.[Zn+][Br]. The van der Waals surface area contributed by atoms with Gasteiger partial charge >= 0.3 is 30.0 Å². The summed E-state index contributed by atoms with van der Waals surface area (Å²) < 4.78 is 18.7. The fraction of sp³-hybridized carbons (Fsp3) is 0.0769. The van der Waals surface area contributed by atoms with Gasteiger partial charge in [0.15, 0.2) is 11.6 Å². The molecule has 0 aromatic heterocycles. The summed E-state index contributed by atoms with van der Waals surface area (Å²) in [5.74, 6) is -0.355. The number of hydrogen-bond donors (Lipinski definition) is 0. The Morgan fingerprint density at radius 3 is 2.50 bits per heavy atom. The van der Waals surface area contributed by atoms with Crippen molar-refractivity contribution in [2.45, 2.75) is 6.61 Å². The molecule has 2 aromatic carbocycles. The summed E-state index contributed by atoms with van der Waals surface area (Å²) in [6.07, 6.45) is 0. The first-order chi connectivity index (χ1) is 8.77. The number of hydrogen-bond acceptors (Lipinski definition) is 1. The van der Waals surface area contributed by atoms with Crippen molar-refractivity contribution in [1.29, 1.82) is 0 Å². The Bertz CT molecular complexity index is 461. The maximum atomic E-state index is 13.3. The number of rotatable bonds is 3. The minimum atomic E-state index is -0.449. The summed E-state index contributed by atoms with van der Waals surface area (Å²) in [6.45, 7) is 0.287. The molecule has 90 valence electrons. The molecular weight excluding hydrogens is 372 g/mol. The molecule has 0 fully saturated rings. The van der Waals surface area contributed by atoms with Gasteiger partial charge < -0.3 is 4.74 Å². The Hall–Kier alpha value is -0.437. The second-order valence-electron chi connectivity index (χ2n) is 3.25. The molecule has 0 saturated heterocycles. The van der Waals surface area contributed by atoms with Crippen molar-refractivity contribution >= 4 is 25.2 Å². The van der Waals surface area contributed by atoms with E-state index < -0.39 is 5.82 Å². The zero-order chi connectivity index (χ0) is 13.4. The molecule has 0 spiro atoms. The summed E-state index contributed by atoms with van der Waals surface area (Å²) in [5, 5.41) is 0.280. The van der Waals surface area contributed by atoms with Gasteiger partial charge in [0.25, 0.3) is 0 Å². The molecule has 0 N–H and O–H groups in total. The summed E-state index contributed by atoms with van der Waals surface area (Å²) in [4.78, 5) is 0. The van der Waals surface area contributed by atoms with Gasteiger partial charge in [-0.2, -0.15) is 30.3 Å². The average molecular weight is 381 g/mol. The molecule has 0 atom stereocenters. The van der Waals surface area contributed by atoms with E-state index in [2.05, 4.69) is 19.7 Å². The van der Waals surface area contributed by atoms with Crippen molar-refractivity contribution in [1.82, 2.24) is 0 Å². The van der Waals surface area contributed by atoms with Crippen LogP contribution in [0.2, 0.25) is 5.02 Å². The van der Waals surface area contributed by atoms with Crippen molar-refractivity contribution < 1.29 is 25.5 Å². The van der Waals surface area contributed by atoms with Gasteiger partial charge in [0.1, 0.15) is 0 Å². The van der Waals surface area contributed by atoms with E-state index in [9.17, 15) is 4.39 Å². The van der Waals surface area contributed by atoms with E-state index in [4.69, 9.17) is 16.3 Å². The summed E-state index contributed by atoms with van der Waals surface area (Å²) >= 11 is 10.1. The maximum absolute atomic E-state index is 13.3. The molecule has 0 radical (unpaired) electrons. The predicted octanol–water partition coefficient (Wildman–Crippen LogP) is 4.70. The zero-order valence-corrected chi connectivity index (χ0v) is 14.8. The molecule has 1 nitrogen and oxygen atoms in total. The van der Waals surface area contributed by atoms with E-state index in [0.29, 0.717) is 0 Å². The van der Waals surface area contributed by atoms with Crippen LogP contribution in [0, 0.1) is 11.9 Å². The molecule has 0 aliphatic rings. The van der Waals surface area contributed by atoms with Crippen LogP contribution in [0.15, 0.2) is 42.5 Å². The van der Waals surface area contributed by atoms with Crippen molar-refractivity contribution in [3.8, 4) is 5.75 Å². The number of para-hydroxylation sites is 1. The molecule has 0 unspecified atom stereocenters. The van der Waals surface area contributed by atoms with E-state index >= 15 is 0 Å². The monoisotopic (exact) mass is 378 g/mol. The summed E-state index contributed by atoms with van der Waals surface area (Å²) in [6, 6.07) is 14.6. The van der Waals surface area contributed by atoms with E-state index in [-0.39, 0.29) is 17.4 Å². The molecule has 0 saturated carbocycles. The fourth-order valence-electron chi connectivity index (χ4n) is 1.29. The van der Waals surface area contributed by atoms with Crippen LogP contribution in [-0.2, 0) is 22.9 Å². The quantitative estimate of drug-likeness (QED) is 0.554. The molecular formula is C13H9BrClFOZn. The second kappa shape index (κ2) is 8.63. The van der Waals surface area contributed by atoms with Gasteiger partial charge in [-0.25, -0.2) is 4.39 Å². The first kappa shape index (κ1) is 15.6. The molecule has 0 amide bonds. The third-order valence-electron chi connectivity index (χ3n) is 2.09. The number of benzene rings is 2. The van der Waals surface area contributed by atoms with Crippen LogP contribution in [-0.4, -0.2) is 0 Å². The van der Waals surface area contributed by atoms with Crippen LogP contribution in [0.4, 0.5) is 4.39 Å². The van der Waals surface area contributed by atoms with Gasteiger partial charge in [-0.15, -0.1) is 5.56 Å². The van der Waals surface area contributed by atoms with Crippen LogP contribution >= 0.6 is 25.2 Å². The Labute approximate surface area is 127 Å². The topological polar surface area (TPSA) is 9.23 Å². The van der Waals surface area contributed by atoms with E-state index in [1.54, 1.807) is 24.3 Å². The Morgan fingerprint density at radius 1 is 1.22 bits per heavy atom. The molecule has 0 bridgehead atoms. The predicted molar refractivity (Wildman–Crippen MR) is 69.9 cm³/mol. The number of ether oxygens (including phenoxy) is 1. The molecule has 18 heavy (non-hydrogen) atoms. The van der Waals surface area contributed by atoms with E-state index in [1.165, 1.54) is 22.4 Å². The van der Waals surface area contributed by atoms with Crippen molar-refractivity contribution in [3.63, 3.8) is 0 Å². The van der Waals surface area contributed by atoms with Crippen LogP contribution < -0.4 is 4.74 Å². The van der Waals surface area contributed by atoms with Gasteiger partial charge in [0, 0.05) is 0 Å². The Morgan fingerprint density at radius 2 is 1.89 bits per heavy atom. The standard InChI is InChI=1S/C13H9ClFO.BrH.Zn/c14-11-7-4-8-12(15)13(11)16-9-10-5-2-1-3-6-10;;/h2-8H,9H2;1H;/q-1;;+2/p-1. The summed E-state index contributed by atoms with van der Waals surface area (Å²) in [7, 11) is 0. The summed E-state index contributed by atoms with van der Waals surface area (Å²) in [5.41, 5.74) is 0.943. The van der Waals surface area contributed by atoms with Crippen LogP contribution in [0.1, 0.15) is 5.56 Å². The zero-order valence-electron chi connectivity index (χ0n) is 9.50. The molecule has 0 aliphatic carbocycles. The molecule has 5 heteroatoms. The van der Waals surface area contributed by atoms with Crippen molar-refractivity contribution in [2.24, 2.45) is 0 Å². The third-order valence-corrected chi connectivity index (χ3v) is 2.39. The van der Waals surface area contributed by atoms with E-state index in [0.717, 1.165) is 5.56 Å². The molecule has 2 aromatic rings. The Kier molecular flexibility index (Phi) is 7.49. The Balaban J connectivity index is 0.000000771. The number of halogens is 3. The van der Waals surface area contributed by atoms with Crippen LogP contribution in [0.25, 0.3) is 0 Å². The average Bonchev–Trinajstić information content (AvgIpc) is 2.42. The van der Waals surface area contributed by atoms with Crippen LogP contribution in [0.5, 0.6) is 5.75 Å². The van der Waals surface area contributed by atoms with Crippen molar-refractivity contribution in [2.75, 3.05) is 0 Å². The van der Waals surface area contributed by atoms with Gasteiger partial charge in [-0.3, -0.25) is 0 Å². The molecule has 2 rings (SSSR count). The minimum absolute atomic E-state index is 0.0944. The molecule has 0 aliphatic heterocycles.